The normalized spacial score (nSPS) is 32.5. The van der Waals surface area contributed by atoms with Crippen molar-refractivity contribution in [2.24, 2.45) is 41.4 Å². The Morgan fingerprint density at radius 2 is 1.26 bits per heavy atom. The Labute approximate surface area is 642 Å². The van der Waals surface area contributed by atoms with Gasteiger partial charge in [0.1, 0.15) is 53.9 Å². The fraction of sp³-hybridized carbons (Fsp3) is 0.842. The summed E-state index contributed by atoms with van der Waals surface area (Å²) in [5, 5.41) is 7.40. The number of amides is 12. The van der Waals surface area contributed by atoms with Gasteiger partial charge in [-0.2, -0.15) is 26.3 Å². The molecule has 0 aromatic heterocycles. The van der Waals surface area contributed by atoms with Crippen LogP contribution in [0.4, 0.5) is 26.3 Å². The summed E-state index contributed by atoms with van der Waals surface area (Å²) in [5.74, 6) is -14.3. The summed E-state index contributed by atoms with van der Waals surface area (Å²) in [6, 6.07) is -10.8. The van der Waals surface area contributed by atoms with E-state index in [1.807, 2.05) is 6.92 Å². The van der Waals surface area contributed by atoms with Crippen molar-refractivity contribution in [3.63, 3.8) is 0 Å². The maximum Gasteiger partial charge on any atom is 0.393 e. The highest BCUT2D eigenvalue weighted by molar-refractivity contribution is 6.21. The standard InChI is InChI=1S/C76H119ClF6N12O14/c1-12-46(5)63-71(105)88(7)44-62(98)90(9)56-30-21-45(4)41-94(70(56)104)59(38-48-22-26-50(27-23-48)75(78,79)80)68(102)87(6)43-60(96)84-54(29-25-47-24-28-52(53(77)37-47)76(81,82)83)67(101)95-42-51(109-14-3)39-57(95)66(100)86-74(31-17-18-32-74)73(107)92(11)64(49-19-15-16-20-49)72(106)91(10)58(69(103)93-33-35-108-36-34-93)40-61(97)89(8)55(13-2)65(99)85-63/h45-59,63-64H,12-44H2,1-11H3,(H,84,96)(H,85,99)(H,86,100)/t45-,46+,47?,48?,50?,51-,52?,53?,54+,55+,56+,57+,58+,59+,63+,64+/m1/s1. The van der Waals surface area contributed by atoms with E-state index in [2.05, 4.69) is 16.0 Å². The van der Waals surface area contributed by atoms with Crippen LogP contribution in [0.5, 0.6) is 0 Å². The number of fused-ring (bicyclic) bond motifs is 3. The SMILES string of the molecule is CCO[C@@H]1C[C@H]2C(=O)NC3(CCCC3)C(=O)N(C)[C@@H](C3CCCC3)C(=O)N(C)[C@H](C(=O)N3CCOCC3)CC(=O)N(C)[C@@H](CC)C(=O)N[C@@H]([C@@H](C)CC)C(=O)N(C)CC(=O)N(C)[C@H]3CC[C@@H](C)CN(C3=O)[C@@H](CC3CCC(C(F)(F)F)CC3)C(=O)N(C)CC(=O)N[C@@H](CCC3CCC(C(F)(F)F)C(Cl)C3)C(=O)N2C1. The number of halogens is 7. The Morgan fingerprint density at radius 1 is 0.624 bits per heavy atom. The van der Waals surface area contributed by atoms with Crippen molar-refractivity contribution in [3.8, 4) is 0 Å². The highest BCUT2D eigenvalue weighted by Gasteiger charge is 2.54. The summed E-state index contributed by atoms with van der Waals surface area (Å²) in [6.07, 6.45) is -7.11. The van der Waals surface area contributed by atoms with Crippen molar-refractivity contribution in [3.05, 3.63) is 0 Å². The van der Waals surface area contributed by atoms with E-state index in [0.717, 1.165) is 14.7 Å². The van der Waals surface area contributed by atoms with Crippen LogP contribution >= 0.6 is 11.6 Å². The van der Waals surface area contributed by atoms with E-state index in [1.165, 1.54) is 71.7 Å². The number of rotatable bonds is 12. The summed E-state index contributed by atoms with van der Waals surface area (Å²) < 4.78 is 96.6. The lowest BCUT2D eigenvalue weighted by Gasteiger charge is -2.42. The van der Waals surface area contributed by atoms with E-state index in [1.54, 1.807) is 27.7 Å². The molecule has 4 aliphatic heterocycles. The lowest BCUT2D eigenvalue weighted by molar-refractivity contribution is -0.184. The predicted molar refractivity (Wildman–Crippen MR) is 390 cm³/mol. The average molecular weight is 1570 g/mol. The first-order chi connectivity index (χ1) is 51.4. The van der Waals surface area contributed by atoms with Gasteiger partial charge in [0.25, 0.3) is 0 Å². The van der Waals surface area contributed by atoms with Crippen LogP contribution in [-0.4, -0.2) is 294 Å². The van der Waals surface area contributed by atoms with Gasteiger partial charge in [-0.05, 0) is 146 Å². The molecule has 2 bridgehead atoms. The molecule has 8 rings (SSSR count). The van der Waals surface area contributed by atoms with Crippen molar-refractivity contribution in [2.75, 3.05) is 101 Å². The molecule has 33 heteroatoms. The highest BCUT2D eigenvalue weighted by atomic mass is 35.5. The Bertz CT molecular complexity index is 3220. The molecule has 4 saturated heterocycles. The fourth-order valence-electron chi connectivity index (χ4n) is 18.1. The van der Waals surface area contributed by atoms with Crippen molar-refractivity contribution < 1.29 is 93.4 Å². The molecule has 3 unspecified atom stereocenters. The predicted octanol–water partition coefficient (Wildman–Crippen LogP) is 6.28. The molecule has 4 saturated carbocycles. The Balaban J connectivity index is 1.20. The summed E-state index contributed by atoms with van der Waals surface area (Å²) in [5.41, 5.74) is -1.66. The van der Waals surface area contributed by atoms with Gasteiger partial charge < -0.3 is 69.5 Å². The van der Waals surface area contributed by atoms with E-state index in [-0.39, 0.29) is 148 Å². The van der Waals surface area contributed by atoms with Crippen molar-refractivity contribution in [1.82, 2.24) is 60.0 Å². The minimum Gasteiger partial charge on any atom is -0.378 e. The molecule has 616 valence electrons. The molecular formula is C76H119ClF6N12O14. The monoisotopic (exact) mass is 1570 g/mol. The van der Waals surface area contributed by atoms with Gasteiger partial charge in [-0.25, -0.2) is 0 Å². The van der Waals surface area contributed by atoms with Crippen LogP contribution in [0.3, 0.4) is 0 Å². The van der Waals surface area contributed by atoms with Crippen LogP contribution in [0.25, 0.3) is 0 Å². The molecule has 0 aromatic carbocycles. The number of likely N-dealkylation sites (N-methyl/N-ethyl adjacent to an activating group) is 6. The molecule has 8 fully saturated rings. The van der Waals surface area contributed by atoms with E-state index in [4.69, 9.17) is 21.1 Å². The second-order valence-corrected chi connectivity index (χ2v) is 33.1. The highest BCUT2D eigenvalue weighted by Crippen LogP contribution is 2.45. The van der Waals surface area contributed by atoms with Crippen molar-refractivity contribution >= 4 is 82.5 Å². The zero-order valence-corrected chi connectivity index (χ0v) is 66.3. The summed E-state index contributed by atoms with van der Waals surface area (Å²) in [4.78, 5) is 194. The maximum atomic E-state index is 15.8. The molecule has 109 heavy (non-hydrogen) atoms. The van der Waals surface area contributed by atoms with Gasteiger partial charge >= 0.3 is 12.4 Å². The zero-order chi connectivity index (χ0) is 80.3. The van der Waals surface area contributed by atoms with E-state index < -0.39 is 204 Å². The largest absolute Gasteiger partial charge is 0.393 e. The summed E-state index contributed by atoms with van der Waals surface area (Å²) in [6.45, 7) is 7.85. The third-order valence-electron chi connectivity index (χ3n) is 25.1. The topological polar surface area (TPSA) is 289 Å². The molecule has 8 aliphatic rings. The number of carbonyl (C=O) groups excluding carboxylic acids is 12. The second-order valence-electron chi connectivity index (χ2n) is 32.5. The van der Waals surface area contributed by atoms with Crippen LogP contribution in [0.15, 0.2) is 0 Å². The van der Waals surface area contributed by atoms with Crippen LogP contribution in [0.2, 0.25) is 0 Å². The minimum absolute atomic E-state index is 0.0150. The number of hydrogen-bond acceptors (Lipinski definition) is 14. The fourth-order valence-corrected chi connectivity index (χ4v) is 18.7. The molecule has 14 atom stereocenters. The van der Waals surface area contributed by atoms with Crippen LogP contribution in [0.1, 0.15) is 189 Å². The van der Waals surface area contributed by atoms with Gasteiger partial charge in [-0.1, -0.05) is 59.8 Å². The molecule has 4 aliphatic carbocycles. The van der Waals surface area contributed by atoms with E-state index in [9.17, 15) is 50.3 Å². The van der Waals surface area contributed by atoms with E-state index >= 15 is 33.6 Å². The number of hydrogen-bond donors (Lipinski definition) is 3. The number of carbonyl (C=O) groups is 12. The molecule has 4 heterocycles. The van der Waals surface area contributed by atoms with Crippen molar-refractivity contribution in [2.45, 2.75) is 266 Å². The number of alkyl halides is 7. The number of nitrogens with one attached hydrogen (secondary N) is 3. The third-order valence-corrected chi connectivity index (χ3v) is 25.6. The molecule has 3 N–H and O–H groups in total. The quantitative estimate of drug-likeness (QED) is 0.143. The molecule has 12 amide bonds. The summed E-state index contributed by atoms with van der Waals surface area (Å²) in [7, 11) is 8.28. The van der Waals surface area contributed by atoms with Crippen LogP contribution in [-0.2, 0) is 67.0 Å². The number of ether oxygens (including phenoxy) is 2. The average Bonchev–Trinajstić information content (AvgIpc) is 1.58. The molecule has 0 radical (unpaired) electrons. The Hall–Kier alpha value is -6.57. The first-order valence-corrected chi connectivity index (χ1v) is 40.1. The van der Waals surface area contributed by atoms with Gasteiger partial charge in [-0.3, -0.25) is 57.5 Å². The van der Waals surface area contributed by atoms with Gasteiger partial charge in [0.2, 0.25) is 70.9 Å². The van der Waals surface area contributed by atoms with Crippen LogP contribution in [0, 0.1) is 41.4 Å². The van der Waals surface area contributed by atoms with Crippen LogP contribution < -0.4 is 16.0 Å². The molecule has 0 aromatic rings. The van der Waals surface area contributed by atoms with Gasteiger partial charge in [0.15, 0.2) is 0 Å². The Morgan fingerprint density at radius 3 is 1.85 bits per heavy atom. The zero-order valence-electron chi connectivity index (χ0n) is 65.5. The lowest BCUT2D eigenvalue weighted by Crippen LogP contribution is -2.65. The minimum atomic E-state index is -4.57. The Kier molecular flexibility index (Phi) is 30.9. The maximum absolute atomic E-state index is 15.8. The first-order valence-electron chi connectivity index (χ1n) is 39.7. The smallest absolute Gasteiger partial charge is 0.378 e. The van der Waals surface area contributed by atoms with Gasteiger partial charge in [0, 0.05) is 86.9 Å². The second kappa shape index (κ2) is 38.3. The molecule has 26 nitrogen and oxygen atoms in total. The number of nitrogens with zero attached hydrogens (tertiary/aromatic N) is 9. The van der Waals surface area contributed by atoms with Crippen molar-refractivity contribution in [1.29, 1.82) is 0 Å². The lowest BCUT2D eigenvalue weighted by atomic mass is 9.78. The summed E-state index contributed by atoms with van der Waals surface area (Å²) >= 11 is 6.45. The third kappa shape index (κ3) is 21.4. The first kappa shape index (κ1) is 88.0. The molecular weight excluding hydrogens is 1450 g/mol. The van der Waals surface area contributed by atoms with Gasteiger partial charge in [0.05, 0.1) is 50.7 Å². The number of morpholine rings is 1. The molecule has 1 spiro atoms. The van der Waals surface area contributed by atoms with Gasteiger partial charge in [-0.15, -0.1) is 11.6 Å². The van der Waals surface area contributed by atoms with E-state index in [0.29, 0.717) is 51.4 Å².